The number of esters is 1. The highest BCUT2D eigenvalue weighted by molar-refractivity contribution is 7.99. The summed E-state index contributed by atoms with van der Waals surface area (Å²) >= 11 is 1.50. The van der Waals surface area contributed by atoms with Gasteiger partial charge in [0.05, 0.1) is 25.8 Å². The van der Waals surface area contributed by atoms with Gasteiger partial charge in [0.15, 0.2) is 5.58 Å². The van der Waals surface area contributed by atoms with Crippen LogP contribution in [0, 0.1) is 0 Å². The Labute approximate surface area is 154 Å². The first-order valence-corrected chi connectivity index (χ1v) is 9.08. The molecule has 26 heavy (non-hydrogen) atoms. The summed E-state index contributed by atoms with van der Waals surface area (Å²) in [6.45, 7) is 2.06. The zero-order valence-electron chi connectivity index (χ0n) is 14.4. The maximum Gasteiger partial charge on any atom is 0.337 e. The van der Waals surface area contributed by atoms with Gasteiger partial charge >= 0.3 is 5.97 Å². The Bertz CT molecular complexity index is 876. The fourth-order valence-electron chi connectivity index (χ4n) is 2.66. The van der Waals surface area contributed by atoms with Crippen LogP contribution in [0.15, 0.2) is 39.1 Å². The van der Waals surface area contributed by atoms with E-state index in [0.717, 1.165) is 5.75 Å². The van der Waals surface area contributed by atoms with Crippen molar-refractivity contribution < 1.29 is 23.8 Å². The number of nitrogens with zero attached hydrogens (tertiary/aromatic N) is 2. The van der Waals surface area contributed by atoms with Gasteiger partial charge in [0.1, 0.15) is 11.2 Å². The molecule has 3 rings (SSSR count). The van der Waals surface area contributed by atoms with Gasteiger partial charge in [-0.05, 0) is 17.9 Å². The average molecular weight is 377 g/mol. The van der Waals surface area contributed by atoms with E-state index in [0.29, 0.717) is 22.0 Å². The van der Waals surface area contributed by atoms with Crippen LogP contribution >= 0.6 is 11.8 Å². The SMILES string of the molecule is CCSc1nc2ccc(NC3=C(C(=O)OC)CN(CCO)C3=O)cc2o1. The summed E-state index contributed by atoms with van der Waals surface area (Å²) in [4.78, 5) is 30.3. The Kier molecular flexibility index (Phi) is 5.48. The topological polar surface area (TPSA) is 105 Å². The number of benzene rings is 1. The molecule has 0 radical (unpaired) electrons. The van der Waals surface area contributed by atoms with Gasteiger partial charge in [-0.25, -0.2) is 9.78 Å². The molecule has 0 saturated heterocycles. The smallest absolute Gasteiger partial charge is 0.337 e. The third-order valence-corrected chi connectivity index (χ3v) is 4.57. The lowest BCUT2D eigenvalue weighted by molar-refractivity contribution is -0.136. The van der Waals surface area contributed by atoms with Crippen LogP contribution in [0.5, 0.6) is 0 Å². The van der Waals surface area contributed by atoms with Gasteiger partial charge in [0.25, 0.3) is 11.1 Å². The van der Waals surface area contributed by atoms with E-state index < -0.39 is 5.97 Å². The van der Waals surface area contributed by atoms with Crippen LogP contribution in [-0.2, 0) is 14.3 Å². The van der Waals surface area contributed by atoms with Crippen LogP contribution in [-0.4, -0.2) is 59.4 Å². The lowest BCUT2D eigenvalue weighted by Crippen LogP contribution is -2.31. The van der Waals surface area contributed by atoms with E-state index in [4.69, 9.17) is 14.3 Å². The van der Waals surface area contributed by atoms with Crippen molar-refractivity contribution in [1.82, 2.24) is 9.88 Å². The molecule has 1 aromatic heterocycles. The second-order valence-electron chi connectivity index (χ2n) is 5.52. The van der Waals surface area contributed by atoms with E-state index in [9.17, 15) is 9.59 Å². The van der Waals surface area contributed by atoms with Crippen molar-refractivity contribution in [1.29, 1.82) is 0 Å². The first-order chi connectivity index (χ1) is 12.6. The van der Waals surface area contributed by atoms with Crippen molar-refractivity contribution in [3.63, 3.8) is 0 Å². The Morgan fingerprint density at radius 1 is 1.50 bits per heavy atom. The number of carbonyl (C=O) groups is 2. The molecule has 0 aliphatic carbocycles. The highest BCUT2D eigenvalue weighted by Gasteiger charge is 2.34. The lowest BCUT2D eigenvalue weighted by Gasteiger charge is -2.14. The second kappa shape index (κ2) is 7.79. The number of aliphatic hydroxyl groups excluding tert-OH is 1. The third kappa shape index (κ3) is 3.54. The van der Waals surface area contributed by atoms with Gasteiger partial charge in [0, 0.05) is 18.3 Å². The second-order valence-corrected chi connectivity index (χ2v) is 6.73. The molecular formula is C17H19N3O5S. The van der Waals surface area contributed by atoms with Crippen molar-refractivity contribution in [2.75, 3.05) is 37.9 Å². The highest BCUT2D eigenvalue weighted by atomic mass is 32.2. The van der Waals surface area contributed by atoms with Gasteiger partial charge < -0.3 is 24.5 Å². The van der Waals surface area contributed by atoms with Crippen molar-refractivity contribution in [3.05, 3.63) is 29.5 Å². The van der Waals surface area contributed by atoms with E-state index in [1.54, 1.807) is 18.2 Å². The predicted molar refractivity (Wildman–Crippen MR) is 96.7 cm³/mol. The van der Waals surface area contributed by atoms with Crippen molar-refractivity contribution >= 4 is 40.4 Å². The van der Waals surface area contributed by atoms with Crippen LogP contribution < -0.4 is 5.32 Å². The van der Waals surface area contributed by atoms with Crippen LogP contribution in [0.3, 0.4) is 0 Å². The molecule has 0 saturated carbocycles. The summed E-state index contributed by atoms with van der Waals surface area (Å²) in [6, 6.07) is 5.27. The molecule has 138 valence electrons. The molecule has 0 spiro atoms. The minimum Gasteiger partial charge on any atom is -0.466 e. The van der Waals surface area contributed by atoms with Crippen LogP contribution in [0.25, 0.3) is 11.1 Å². The number of rotatable bonds is 7. The molecule has 0 unspecified atom stereocenters. The number of nitrogens with one attached hydrogen (secondary N) is 1. The van der Waals surface area contributed by atoms with E-state index in [-0.39, 0.29) is 36.9 Å². The molecular weight excluding hydrogens is 358 g/mol. The number of oxazole rings is 1. The van der Waals surface area contributed by atoms with E-state index >= 15 is 0 Å². The van der Waals surface area contributed by atoms with Gasteiger partial charge in [-0.2, -0.15) is 0 Å². The van der Waals surface area contributed by atoms with Gasteiger partial charge in [0.2, 0.25) is 0 Å². The highest BCUT2D eigenvalue weighted by Crippen LogP contribution is 2.28. The van der Waals surface area contributed by atoms with Crippen molar-refractivity contribution in [2.24, 2.45) is 0 Å². The number of thioether (sulfide) groups is 1. The number of fused-ring (bicyclic) bond motifs is 1. The number of hydrogen-bond acceptors (Lipinski definition) is 8. The molecule has 1 aromatic carbocycles. The number of ether oxygens (including phenoxy) is 1. The van der Waals surface area contributed by atoms with Gasteiger partial charge in [-0.3, -0.25) is 4.79 Å². The molecule has 2 heterocycles. The predicted octanol–water partition coefficient (Wildman–Crippen LogP) is 1.61. The summed E-state index contributed by atoms with van der Waals surface area (Å²) in [5.74, 6) is -0.0920. The zero-order valence-corrected chi connectivity index (χ0v) is 15.3. The quantitative estimate of drug-likeness (QED) is 0.554. The number of hydrogen-bond donors (Lipinski definition) is 2. The van der Waals surface area contributed by atoms with E-state index in [2.05, 4.69) is 10.3 Å². The summed E-state index contributed by atoms with van der Waals surface area (Å²) in [6.07, 6.45) is 0. The number of carbonyl (C=O) groups excluding carboxylic acids is 2. The van der Waals surface area contributed by atoms with Crippen LogP contribution in [0.4, 0.5) is 5.69 Å². The maximum atomic E-state index is 12.5. The normalized spacial score (nSPS) is 14.4. The number of amides is 1. The largest absolute Gasteiger partial charge is 0.466 e. The molecule has 1 aliphatic heterocycles. The van der Waals surface area contributed by atoms with E-state index in [1.165, 1.54) is 23.8 Å². The number of β-amino-alcohol motifs (C(OH)–C–C–N with tert-alkyl or cyclic N) is 1. The first-order valence-electron chi connectivity index (χ1n) is 8.09. The third-order valence-electron chi connectivity index (χ3n) is 3.86. The standard InChI is InChI=1S/C17H19N3O5S/c1-3-26-17-19-12-5-4-10(8-13(12)25-17)18-14-11(16(23)24-2)9-20(6-7-21)15(14)22/h4-5,8,18,21H,3,6-7,9H2,1-2H3. The van der Waals surface area contributed by atoms with Crippen molar-refractivity contribution in [3.8, 4) is 0 Å². The number of aliphatic hydroxyl groups is 1. The fraction of sp³-hybridized carbons (Fsp3) is 0.353. The molecule has 1 amide bonds. The molecule has 0 bridgehead atoms. The Hall–Kier alpha value is -2.52. The number of methoxy groups -OCH3 is 1. The summed E-state index contributed by atoms with van der Waals surface area (Å²) in [7, 11) is 1.26. The lowest BCUT2D eigenvalue weighted by atomic mass is 10.2. The summed E-state index contributed by atoms with van der Waals surface area (Å²) < 4.78 is 10.4. The van der Waals surface area contributed by atoms with Crippen molar-refractivity contribution in [2.45, 2.75) is 12.1 Å². The van der Waals surface area contributed by atoms with E-state index in [1.807, 2.05) is 6.92 Å². The summed E-state index contributed by atoms with van der Waals surface area (Å²) in [5, 5.41) is 12.7. The Morgan fingerprint density at radius 3 is 3.00 bits per heavy atom. The van der Waals surface area contributed by atoms with Gasteiger partial charge in [-0.15, -0.1) is 0 Å². The van der Waals surface area contributed by atoms with Crippen LogP contribution in [0.1, 0.15) is 6.92 Å². The monoisotopic (exact) mass is 377 g/mol. The minimum absolute atomic E-state index is 0.0935. The molecule has 9 heteroatoms. The molecule has 8 nitrogen and oxygen atoms in total. The molecule has 2 aromatic rings. The van der Waals surface area contributed by atoms with Gasteiger partial charge in [-0.1, -0.05) is 18.7 Å². The Balaban J connectivity index is 1.90. The Morgan fingerprint density at radius 2 is 2.31 bits per heavy atom. The molecule has 1 aliphatic rings. The first kappa shape index (κ1) is 18.3. The number of aromatic nitrogens is 1. The summed E-state index contributed by atoms with van der Waals surface area (Å²) in [5.41, 5.74) is 2.27. The fourth-order valence-corrected chi connectivity index (χ4v) is 3.22. The zero-order chi connectivity index (χ0) is 18.7. The van der Waals surface area contributed by atoms with Crippen LogP contribution in [0.2, 0.25) is 0 Å². The average Bonchev–Trinajstić information content (AvgIpc) is 3.17. The minimum atomic E-state index is -0.580. The number of anilines is 1. The molecule has 2 N–H and O–H groups in total. The maximum absolute atomic E-state index is 12.5. The molecule has 0 fully saturated rings. The molecule has 0 atom stereocenters.